The normalized spacial score (nSPS) is 16.9. The summed E-state index contributed by atoms with van der Waals surface area (Å²) < 4.78 is 5.22. The molecule has 1 atom stereocenters. The van der Waals surface area contributed by atoms with E-state index in [-0.39, 0.29) is 18.6 Å². The Bertz CT molecular complexity index is 846. The first kappa shape index (κ1) is 20.2. The molecule has 0 bridgehead atoms. The second-order valence-electron chi connectivity index (χ2n) is 6.87. The maximum absolute atomic E-state index is 13.3. The minimum Gasteiger partial charge on any atom is -0.447 e. The number of thioether (sulfide) groups is 1. The van der Waals surface area contributed by atoms with Gasteiger partial charge in [-0.15, -0.1) is 0 Å². The number of allylic oxidation sites excluding steroid dienone is 1. The van der Waals surface area contributed by atoms with Crippen LogP contribution in [-0.4, -0.2) is 29.5 Å². The third kappa shape index (κ3) is 5.04. The minimum absolute atomic E-state index is 0.232. The Hall–Kier alpha value is -2.53. The number of amides is 2. The second kappa shape index (κ2) is 9.60. The van der Waals surface area contributed by atoms with E-state index in [1.165, 1.54) is 22.2 Å². The molecule has 0 radical (unpaired) electrons. The highest BCUT2D eigenvalue weighted by Gasteiger charge is 2.39. The zero-order valence-corrected chi connectivity index (χ0v) is 17.1. The average Bonchev–Trinajstić information content (AvgIpc) is 3.07. The highest BCUT2D eigenvalue weighted by molar-refractivity contribution is 8.04. The number of carbonyl (C=O) groups excluding carboxylic acids is 2. The molecule has 0 N–H and O–H groups in total. The summed E-state index contributed by atoms with van der Waals surface area (Å²) in [6.07, 6.45) is 3.68. The molecular formula is C23H25NO3S. The van der Waals surface area contributed by atoms with Gasteiger partial charge in [0.05, 0.1) is 10.9 Å². The van der Waals surface area contributed by atoms with Crippen LogP contribution in [0.2, 0.25) is 0 Å². The molecule has 1 heterocycles. The van der Waals surface area contributed by atoms with Crippen molar-refractivity contribution in [1.82, 2.24) is 4.90 Å². The van der Waals surface area contributed by atoms with Crippen LogP contribution in [0.25, 0.3) is 0 Å². The van der Waals surface area contributed by atoms with Gasteiger partial charge in [0.25, 0.3) is 5.91 Å². The standard InChI is InChI=1S/C23H25NO3S/c1-3-4-10-21(28-20-13-11-17(2)12-14-20)22(25)24-19(16-27-23(24)26)15-18-8-6-5-7-9-18/h5-14,19H,3-4,15-16H2,1-2H3/b21-10+. The molecule has 2 aromatic rings. The van der Waals surface area contributed by atoms with Crippen molar-refractivity contribution < 1.29 is 14.3 Å². The Morgan fingerprint density at radius 3 is 2.57 bits per heavy atom. The minimum atomic E-state index is -0.558. The molecule has 0 saturated carbocycles. The molecule has 0 spiro atoms. The van der Waals surface area contributed by atoms with Crippen LogP contribution in [-0.2, 0) is 16.0 Å². The van der Waals surface area contributed by atoms with Gasteiger partial charge in [-0.05, 0) is 37.5 Å². The summed E-state index contributed by atoms with van der Waals surface area (Å²) in [4.78, 5) is 28.4. The average molecular weight is 396 g/mol. The number of hydrogen-bond donors (Lipinski definition) is 0. The summed E-state index contributed by atoms with van der Waals surface area (Å²) in [5, 5.41) is 0. The number of unbranched alkanes of at least 4 members (excludes halogenated alkanes) is 1. The highest BCUT2D eigenvalue weighted by Crippen LogP contribution is 2.31. The second-order valence-corrected chi connectivity index (χ2v) is 7.98. The Morgan fingerprint density at radius 2 is 1.89 bits per heavy atom. The van der Waals surface area contributed by atoms with Gasteiger partial charge >= 0.3 is 6.09 Å². The first-order valence-electron chi connectivity index (χ1n) is 9.57. The van der Waals surface area contributed by atoms with E-state index in [1.807, 2.05) is 67.6 Å². The fourth-order valence-electron chi connectivity index (χ4n) is 3.05. The lowest BCUT2D eigenvalue weighted by molar-refractivity contribution is -0.124. The number of imide groups is 1. The van der Waals surface area contributed by atoms with Crippen molar-refractivity contribution >= 4 is 23.8 Å². The molecule has 0 aromatic heterocycles. The number of hydrogen-bond acceptors (Lipinski definition) is 4. The predicted molar refractivity (Wildman–Crippen MR) is 112 cm³/mol. The van der Waals surface area contributed by atoms with Gasteiger partial charge in [0, 0.05) is 4.90 Å². The van der Waals surface area contributed by atoms with Crippen molar-refractivity contribution in [2.24, 2.45) is 0 Å². The zero-order valence-electron chi connectivity index (χ0n) is 16.3. The molecule has 146 valence electrons. The number of carbonyl (C=O) groups is 2. The van der Waals surface area contributed by atoms with Crippen molar-refractivity contribution in [2.45, 2.75) is 44.0 Å². The smallest absolute Gasteiger partial charge is 0.417 e. The molecule has 1 fully saturated rings. The Kier molecular flexibility index (Phi) is 6.93. The number of nitrogens with zero attached hydrogens (tertiary/aromatic N) is 1. The molecule has 1 unspecified atom stereocenters. The summed E-state index contributed by atoms with van der Waals surface area (Å²) in [7, 11) is 0. The monoisotopic (exact) mass is 395 g/mol. The summed E-state index contributed by atoms with van der Waals surface area (Å²) in [5.41, 5.74) is 2.25. The van der Waals surface area contributed by atoms with Gasteiger partial charge in [-0.25, -0.2) is 9.69 Å². The quantitative estimate of drug-likeness (QED) is 0.468. The van der Waals surface area contributed by atoms with Crippen LogP contribution < -0.4 is 0 Å². The molecule has 28 heavy (non-hydrogen) atoms. The molecule has 2 amide bonds. The van der Waals surface area contributed by atoms with Crippen LogP contribution in [0.3, 0.4) is 0 Å². The van der Waals surface area contributed by atoms with Crippen LogP contribution >= 0.6 is 11.8 Å². The van der Waals surface area contributed by atoms with Gasteiger partial charge in [0.15, 0.2) is 0 Å². The van der Waals surface area contributed by atoms with Crippen LogP contribution in [0.1, 0.15) is 30.9 Å². The molecule has 2 aromatic carbocycles. The van der Waals surface area contributed by atoms with E-state index in [4.69, 9.17) is 4.74 Å². The third-order valence-electron chi connectivity index (χ3n) is 4.57. The predicted octanol–water partition coefficient (Wildman–Crippen LogP) is 5.36. The number of cyclic esters (lactones) is 1. The SMILES string of the molecule is CCC/C=C(/Sc1ccc(C)cc1)C(=O)N1C(=O)OCC1Cc1ccccc1. The molecule has 1 aliphatic heterocycles. The topological polar surface area (TPSA) is 46.6 Å². The van der Waals surface area contributed by atoms with Gasteiger partial charge in [-0.3, -0.25) is 4.79 Å². The fourth-order valence-corrected chi connectivity index (χ4v) is 3.96. The maximum atomic E-state index is 13.3. The van der Waals surface area contributed by atoms with Gasteiger partial charge in [-0.1, -0.05) is 79.2 Å². The maximum Gasteiger partial charge on any atom is 0.417 e. The lowest BCUT2D eigenvalue weighted by Crippen LogP contribution is -2.40. The Labute approximate surface area is 170 Å². The van der Waals surface area contributed by atoms with Crippen molar-refractivity contribution in [1.29, 1.82) is 0 Å². The third-order valence-corrected chi connectivity index (χ3v) is 5.64. The Morgan fingerprint density at radius 1 is 1.18 bits per heavy atom. The molecule has 5 heteroatoms. The summed E-state index contributed by atoms with van der Waals surface area (Å²) in [5.74, 6) is -0.276. The zero-order chi connectivity index (χ0) is 19.9. The number of rotatable bonds is 7. The van der Waals surface area contributed by atoms with Gasteiger partial charge < -0.3 is 4.74 Å². The number of ether oxygens (including phenoxy) is 1. The molecule has 0 aliphatic carbocycles. The van der Waals surface area contributed by atoms with E-state index >= 15 is 0 Å². The van der Waals surface area contributed by atoms with Gasteiger partial charge in [0.1, 0.15) is 6.61 Å². The largest absolute Gasteiger partial charge is 0.447 e. The molecular weight excluding hydrogens is 370 g/mol. The molecule has 1 aliphatic rings. The summed E-state index contributed by atoms with van der Waals surface area (Å²) >= 11 is 1.40. The summed E-state index contributed by atoms with van der Waals surface area (Å²) in [6.45, 7) is 4.33. The molecule has 3 rings (SSSR count). The molecule has 1 saturated heterocycles. The first-order valence-corrected chi connectivity index (χ1v) is 10.4. The van der Waals surface area contributed by atoms with Crippen LogP contribution in [0.5, 0.6) is 0 Å². The van der Waals surface area contributed by atoms with E-state index in [1.54, 1.807) is 0 Å². The Balaban J connectivity index is 1.81. The fraction of sp³-hybridized carbons (Fsp3) is 0.304. The van der Waals surface area contributed by atoms with Crippen molar-refractivity contribution in [3.8, 4) is 0 Å². The van der Waals surface area contributed by atoms with E-state index in [0.29, 0.717) is 11.3 Å². The van der Waals surface area contributed by atoms with Gasteiger partial charge in [0.2, 0.25) is 0 Å². The van der Waals surface area contributed by atoms with E-state index < -0.39 is 6.09 Å². The highest BCUT2D eigenvalue weighted by atomic mass is 32.2. The molecule has 4 nitrogen and oxygen atoms in total. The first-order chi connectivity index (χ1) is 13.6. The number of aryl methyl sites for hydroxylation is 1. The lowest BCUT2D eigenvalue weighted by Gasteiger charge is -2.21. The summed E-state index contributed by atoms with van der Waals surface area (Å²) in [6, 6.07) is 17.6. The van der Waals surface area contributed by atoms with Crippen molar-refractivity contribution in [3.63, 3.8) is 0 Å². The van der Waals surface area contributed by atoms with E-state index in [9.17, 15) is 9.59 Å². The van der Waals surface area contributed by atoms with Crippen molar-refractivity contribution in [3.05, 3.63) is 76.7 Å². The van der Waals surface area contributed by atoms with E-state index in [0.717, 1.165) is 23.3 Å². The van der Waals surface area contributed by atoms with Crippen LogP contribution in [0.15, 0.2) is 70.5 Å². The lowest BCUT2D eigenvalue weighted by atomic mass is 10.1. The van der Waals surface area contributed by atoms with E-state index in [2.05, 4.69) is 6.92 Å². The van der Waals surface area contributed by atoms with Crippen LogP contribution in [0, 0.1) is 6.92 Å². The van der Waals surface area contributed by atoms with Gasteiger partial charge in [-0.2, -0.15) is 0 Å². The van der Waals surface area contributed by atoms with Crippen molar-refractivity contribution in [2.75, 3.05) is 6.61 Å². The number of benzene rings is 2. The van der Waals surface area contributed by atoms with Crippen LogP contribution in [0.4, 0.5) is 4.79 Å².